The second-order valence-corrected chi connectivity index (χ2v) is 6.35. The molecule has 0 spiro atoms. The Hall–Kier alpha value is -0.0800. The fraction of sp³-hybridized carbons (Fsp3) is 1.00. The normalized spacial score (nSPS) is 36.0. The van der Waals surface area contributed by atoms with E-state index in [9.17, 15) is 0 Å². The lowest BCUT2D eigenvalue weighted by Gasteiger charge is -2.37. The van der Waals surface area contributed by atoms with Crippen LogP contribution in [0.2, 0.25) is 0 Å². The summed E-state index contributed by atoms with van der Waals surface area (Å²) < 4.78 is 0. The summed E-state index contributed by atoms with van der Waals surface area (Å²) >= 11 is 0. The van der Waals surface area contributed by atoms with Crippen molar-refractivity contribution < 1.29 is 0 Å². The first-order chi connectivity index (χ1) is 8.26. The summed E-state index contributed by atoms with van der Waals surface area (Å²) in [5, 5.41) is 3.59. The number of nitrogens with one attached hydrogen (secondary N) is 1. The van der Waals surface area contributed by atoms with Gasteiger partial charge in [0.15, 0.2) is 0 Å². The van der Waals surface area contributed by atoms with Gasteiger partial charge in [0.2, 0.25) is 0 Å². The van der Waals surface area contributed by atoms with Crippen molar-refractivity contribution in [3.63, 3.8) is 0 Å². The van der Waals surface area contributed by atoms with Crippen LogP contribution >= 0.6 is 0 Å². The van der Waals surface area contributed by atoms with Gasteiger partial charge in [0.05, 0.1) is 0 Å². The molecular weight excluding hydrogens is 208 g/mol. The molecule has 2 unspecified atom stereocenters. The predicted octanol–water partition coefficient (Wildman–Crippen LogP) is 3.03. The van der Waals surface area contributed by atoms with Gasteiger partial charge in [-0.25, -0.2) is 0 Å². The Kier molecular flexibility index (Phi) is 4.87. The largest absolute Gasteiger partial charge is 0.316 e. The van der Waals surface area contributed by atoms with Crippen molar-refractivity contribution in [2.45, 2.75) is 64.8 Å². The first-order valence-electron chi connectivity index (χ1n) is 7.70. The van der Waals surface area contributed by atoms with Crippen molar-refractivity contribution in [3.05, 3.63) is 0 Å². The maximum Gasteiger partial charge on any atom is 0.00671 e. The van der Waals surface area contributed by atoms with Gasteiger partial charge in [-0.3, -0.25) is 0 Å². The van der Waals surface area contributed by atoms with E-state index in [2.05, 4.69) is 24.1 Å². The molecule has 0 radical (unpaired) electrons. The Labute approximate surface area is 107 Å². The molecule has 2 rings (SSSR count). The van der Waals surface area contributed by atoms with Gasteiger partial charge in [-0.1, -0.05) is 26.2 Å². The Morgan fingerprint density at radius 3 is 2.88 bits per heavy atom. The van der Waals surface area contributed by atoms with Crippen molar-refractivity contribution >= 4 is 0 Å². The summed E-state index contributed by atoms with van der Waals surface area (Å²) in [6.45, 7) is 9.95. The highest BCUT2D eigenvalue weighted by atomic mass is 15.2. The van der Waals surface area contributed by atoms with Gasteiger partial charge in [-0.05, 0) is 51.1 Å². The van der Waals surface area contributed by atoms with E-state index in [-0.39, 0.29) is 0 Å². The molecule has 0 saturated carbocycles. The van der Waals surface area contributed by atoms with E-state index in [1.54, 1.807) is 0 Å². The molecule has 2 saturated heterocycles. The van der Waals surface area contributed by atoms with Crippen LogP contribution in [-0.2, 0) is 0 Å². The average molecular weight is 238 g/mol. The van der Waals surface area contributed by atoms with E-state index in [0.717, 1.165) is 6.04 Å². The van der Waals surface area contributed by atoms with E-state index >= 15 is 0 Å². The first-order valence-corrected chi connectivity index (χ1v) is 7.70. The number of likely N-dealkylation sites (tertiary alicyclic amines) is 1. The maximum absolute atomic E-state index is 3.59. The molecule has 0 amide bonds. The third-order valence-electron chi connectivity index (χ3n) is 4.84. The summed E-state index contributed by atoms with van der Waals surface area (Å²) in [7, 11) is 0. The van der Waals surface area contributed by atoms with Crippen LogP contribution in [0.5, 0.6) is 0 Å². The van der Waals surface area contributed by atoms with E-state index in [1.165, 1.54) is 71.1 Å². The molecule has 0 aliphatic carbocycles. The van der Waals surface area contributed by atoms with Gasteiger partial charge in [-0.2, -0.15) is 0 Å². The molecule has 100 valence electrons. The average Bonchev–Trinajstić information content (AvgIpc) is 2.67. The van der Waals surface area contributed by atoms with Crippen molar-refractivity contribution in [2.75, 3.05) is 26.2 Å². The Morgan fingerprint density at radius 2 is 2.18 bits per heavy atom. The molecule has 2 heteroatoms. The van der Waals surface area contributed by atoms with Crippen LogP contribution in [0.3, 0.4) is 0 Å². The minimum absolute atomic E-state index is 0.591. The van der Waals surface area contributed by atoms with E-state index in [4.69, 9.17) is 0 Å². The molecule has 2 atom stereocenters. The van der Waals surface area contributed by atoms with E-state index < -0.39 is 0 Å². The molecule has 2 fully saturated rings. The Bertz CT molecular complexity index is 221. The molecule has 2 nitrogen and oxygen atoms in total. The van der Waals surface area contributed by atoms with Crippen LogP contribution in [0.1, 0.15) is 58.8 Å². The molecule has 0 bridgehead atoms. The molecule has 2 heterocycles. The second-order valence-electron chi connectivity index (χ2n) is 6.35. The fourth-order valence-corrected chi connectivity index (χ4v) is 3.75. The molecule has 17 heavy (non-hydrogen) atoms. The molecule has 2 aliphatic rings. The zero-order valence-electron chi connectivity index (χ0n) is 11.8. The molecular formula is C15H30N2. The van der Waals surface area contributed by atoms with Crippen molar-refractivity contribution in [3.8, 4) is 0 Å². The predicted molar refractivity (Wildman–Crippen MR) is 74.3 cm³/mol. The number of hydrogen-bond donors (Lipinski definition) is 1. The zero-order valence-corrected chi connectivity index (χ0v) is 11.8. The quantitative estimate of drug-likeness (QED) is 0.810. The van der Waals surface area contributed by atoms with Gasteiger partial charge in [-0.15, -0.1) is 0 Å². The fourth-order valence-electron chi connectivity index (χ4n) is 3.75. The zero-order chi connectivity index (χ0) is 12.1. The third kappa shape index (κ3) is 3.45. The minimum Gasteiger partial charge on any atom is -0.316 e. The summed E-state index contributed by atoms with van der Waals surface area (Å²) in [4.78, 5) is 2.79. The first kappa shape index (κ1) is 13.4. The van der Waals surface area contributed by atoms with E-state index in [1.807, 2.05) is 0 Å². The van der Waals surface area contributed by atoms with Crippen LogP contribution < -0.4 is 5.32 Å². The monoisotopic (exact) mass is 238 g/mol. The lowest BCUT2D eigenvalue weighted by atomic mass is 9.81. The van der Waals surface area contributed by atoms with Gasteiger partial charge in [0.25, 0.3) is 0 Å². The summed E-state index contributed by atoms with van der Waals surface area (Å²) in [5.41, 5.74) is 0.591. The SMILES string of the molecule is CCCC1(CN2CCCCCC2C)CCNC1. The lowest BCUT2D eigenvalue weighted by molar-refractivity contribution is 0.120. The third-order valence-corrected chi connectivity index (χ3v) is 4.84. The van der Waals surface area contributed by atoms with Crippen LogP contribution in [0, 0.1) is 5.41 Å². The maximum atomic E-state index is 3.59. The highest BCUT2D eigenvalue weighted by Crippen LogP contribution is 2.33. The van der Waals surface area contributed by atoms with Crippen molar-refractivity contribution in [2.24, 2.45) is 5.41 Å². The smallest absolute Gasteiger partial charge is 0.00671 e. The van der Waals surface area contributed by atoms with Crippen LogP contribution in [0.25, 0.3) is 0 Å². The second kappa shape index (κ2) is 6.19. The topological polar surface area (TPSA) is 15.3 Å². The molecule has 0 aromatic rings. The highest BCUT2D eigenvalue weighted by molar-refractivity contribution is 4.91. The molecule has 1 N–H and O–H groups in total. The van der Waals surface area contributed by atoms with Crippen molar-refractivity contribution in [1.82, 2.24) is 10.2 Å². The summed E-state index contributed by atoms with van der Waals surface area (Å²) in [6, 6.07) is 0.812. The Morgan fingerprint density at radius 1 is 1.29 bits per heavy atom. The number of nitrogens with zero attached hydrogens (tertiary/aromatic N) is 1. The van der Waals surface area contributed by atoms with Crippen LogP contribution in [-0.4, -0.2) is 37.1 Å². The van der Waals surface area contributed by atoms with Gasteiger partial charge in [0, 0.05) is 19.1 Å². The number of rotatable bonds is 4. The molecule has 0 aromatic carbocycles. The van der Waals surface area contributed by atoms with Crippen molar-refractivity contribution in [1.29, 1.82) is 0 Å². The molecule has 2 aliphatic heterocycles. The van der Waals surface area contributed by atoms with Gasteiger partial charge < -0.3 is 10.2 Å². The molecule has 0 aromatic heterocycles. The Balaban J connectivity index is 1.95. The van der Waals surface area contributed by atoms with Crippen LogP contribution in [0.15, 0.2) is 0 Å². The number of hydrogen-bond acceptors (Lipinski definition) is 2. The standard InChI is InChI=1S/C15H30N2/c1-3-8-15(9-10-16-12-15)13-17-11-6-4-5-7-14(17)2/h14,16H,3-13H2,1-2H3. The van der Waals surface area contributed by atoms with Crippen LogP contribution in [0.4, 0.5) is 0 Å². The highest BCUT2D eigenvalue weighted by Gasteiger charge is 2.35. The lowest BCUT2D eigenvalue weighted by Crippen LogP contribution is -2.43. The summed E-state index contributed by atoms with van der Waals surface area (Å²) in [5.74, 6) is 0. The van der Waals surface area contributed by atoms with E-state index in [0.29, 0.717) is 5.41 Å². The summed E-state index contributed by atoms with van der Waals surface area (Å²) in [6.07, 6.45) is 9.85. The van der Waals surface area contributed by atoms with Gasteiger partial charge >= 0.3 is 0 Å². The van der Waals surface area contributed by atoms with Gasteiger partial charge in [0.1, 0.15) is 0 Å². The minimum atomic E-state index is 0.591.